The van der Waals surface area contributed by atoms with Crippen molar-refractivity contribution in [2.75, 3.05) is 13.1 Å². The van der Waals surface area contributed by atoms with Gasteiger partial charge in [0.15, 0.2) is 0 Å². The van der Waals surface area contributed by atoms with E-state index in [-0.39, 0.29) is 24.1 Å². The van der Waals surface area contributed by atoms with Gasteiger partial charge in [0.05, 0.1) is 18.7 Å². The number of amides is 1. The highest BCUT2D eigenvalue weighted by Crippen LogP contribution is 2.27. The van der Waals surface area contributed by atoms with Gasteiger partial charge in [-0.05, 0) is 50.8 Å². The van der Waals surface area contributed by atoms with Crippen LogP contribution in [0.2, 0.25) is 0 Å². The molecule has 0 radical (unpaired) electrons. The molecule has 0 aliphatic carbocycles. The molecule has 2 aromatic rings. The lowest BCUT2D eigenvalue weighted by Crippen LogP contribution is -2.42. The van der Waals surface area contributed by atoms with Crippen LogP contribution in [0.4, 0.5) is 9.18 Å². The number of nitrogens with zero attached hydrogens (tertiary/aromatic N) is 3. The van der Waals surface area contributed by atoms with Crippen LogP contribution >= 0.6 is 0 Å². The quantitative estimate of drug-likeness (QED) is 0.837. The van der Waals surface area contributed by atoms with Crippen molar-refractivity contribution in [1.29, 1.82) is 0 Å². The molecular formula is C21H26FN3O4. The van der Waals surface area contributed by atoms with E-state index in [0.717, 1.165) is 18.4 Å². The molecule has 0 bridgehead atoms. The highest BCUT2D eigenvalue weighted by atomic mass is 19.1. The van der Waals surface area contributed by atoms with Crippen LogP contribution < -0.4 is 0 Å². The summed E-state index contributed by atoms with van der Waals surface area (Å²) in [5, 5.41) is 13.2. The number of hydrogen-bond donors (Lipinski definition) is 1. The SMILES string of the molecule is CC(C)(C)OC(=O)N1CCC(n2cc(-c3ccc(CC(=O)O)c(F)c3)cn2)CC1. The Morgan fingerprint density at radius 2 is 1.93 bits per heavy atom. The van der Waals surface area contributed by atoms with Crippen LogP contribution in [-0.2, 0) is 16.0 Å². The second-order valence-electron chi connectivity index (χ2n) is 8.28. The van der Waals surface area contributed by atoms with Crippen molar-refractivity contribution < 1.29 is 23.8 Å². The number of ether oxygens (including phenoxy) is 1. The van der Waals surface area contributed by atoms with Gasteiger partial charge in [-0.1, -0.05) is 12.1 Å². The van der Waals surface area contributed by atoms with Crippen LogP contribution in [0, 0.1) is 5.82 Å². The topological polar surface area (TPSA) is 84.7 Å². The Balaban J connectivity index is 1.63. The summed E-state index contributed by atoms with van der Waals surface area (Å²) >= 11 is 0. The summed E-state index contributed by atoms with van der Waals surface area (Å²) in [6.45, 7) is 6.72. The Labute approximate surface area is 169 Å². The number of piperidine rings is 1. The van der Waals surface area contributed by atoms with E-state index in [4.69, 9.17) is 9.84 Å². The van der Waals surface area contributed by atoms with Crippen molar-refractivity contribution in [2.24, 2.45) is 0 Å². The monoisotopic (exact) mass is 403 g/mol. The minimum Gasteiger partial charge on any atom is -0.481 e. The van der Waals surface area contributed by atoms with Gasteiger partial charge >= 0.3 is 12.1 Å². The number of hydrogen-bond acceptors (Lipinski definition) is 4. The summed E-state index contributed by atoms with van der Waals surface area (Å²) in [7, 11) is 0. The first-order valence-corrected chi connectivity index (χ1v) is 9.65. The number of rotatable bonds is 4. The highest BCUT2D eigenvalue weighted by molar-refractivity contribution is 5.71. The number of carboxylic acids is 1. The molecule has 156 valence electrons. The van der Waals surface area contributed by atoms with E-state index in [1.807, 2.05) is 31.6 Å². The number of aromatic nitrogens is 2. The van der Waals surface area contributed by atoms with E-state index < -0.39 is 17.4 Å². The Kier molecular flexibility index (Phi) is 5.91. The molecule has 1 amide bonds. The molecule has 29 heavy (non-hydrogen) atoms. The maximum atomic E-state index is 14.2. The molecule has 1 aromatic heterocycles. The summed E-state index contributed by atoms with van der Waals surface area (Å²) in [6.07, 6.45) is 4.40. The first-order valence-electron chi connectivity index (χ1n) is 9.65. The first-order chi connectivity index (χ1) is 13.6. The van der Waals surface area contributed by atoms with E-state index in [2.05, 4.69) is 5.10 Å². The van der Waals surface area contributed by atoms with Crippen LogP contribution in [0.3, 0.4) is 0 Å². The Morgan fingerprint density at radius 3 is 2.52 bits per heavy atom. The lowest BCUT2D eigenvalue weighted by atomic mass is 10.0. The van der Waals surface area contributed by atoms with E-state index in [1.54, 1.807) is 17.2 Å². The average molecular weight is 403 g/mol. The van der Waals surface area contributed by atoms with Gasteiger partial charge in [0.25, 0.3) is 0 Å². The zero-order valence-corrected chi connectivity index (χ0v) is 16.9. The van der Waals surface area contributed by atoms with Gasteiger partial charge in [-0.15, -0.1) is 0 Å². The summed E-state index contributed by atoms with van der Waals surface area (Å²) in [5.74, 6) is -1.61. The average Bonchev–Trinajstić information content (AvgIpc) is 3.12. The van der Waals surface area contributed by atoms with Crippen LogP contribution in [0.5, 0.6) is 0 Å². The molecule has 0 saturated carbocycles. The summed E-state index contributed by atoms with van der Waals surface area (Å²) < 4.78 is 21.4. The first kappa shape index (κ1) is 20.8. The Bertz CT molecular complexity index is 896. The van der Waals surface area contributed by atoms with E-state index in [0.29, 0.717) is 18.7 Å². The lowest BCUT2D eigenvalue weighted by molar-refractivity contribution is -0.136. The van der Waals surface area contributed by atoms with Gasteiger partial charge in [-0.25, -0.2) is 9.18 Å². The molecule has 1 aromatic carbocycles. The second kappa shape index (κ2) is 8.23. The third-order valence-electron chi connectivity index (χ3n) is 4.82. The number of carboxylic acid groups (broad SMARTS) is 1. The molecule has 0 atom stereocenters. The number of carbonyl (C=O) groups excluding carboxylic acids is 1. The minimum atomic E-state index is -1.07. The number of likely N-dealkylation sites (tertiary alicyclic amines) is 1. The summed E-state index contributed by atoms with van der Waals surface area (Å²) in [4.78, 5) is 24.7. The predicted molar refractivity (Wildman–Crippen MR) is 105 cm³/mol. The normalized spacial score (nSPS) is 15.4. The molecule has 2 heterocycles. The third-order valence-corrected chi connectivity index (χ3v) is 4.82. The standard InChI is InChI=1S/C21H26FN3O4/c1-21(2,3)29-20(28)24-8-6-17(7-9-24)25-13-16(12-23-25)14-4-5-15(11-19(26)27)18(22)10-14/h4-5,10,12-13,17H,6-9,11H2,1-3H3,(H,26,27). The van der Waals surface area contributed by atoms with Crippen LogP contribution in [0.1, 0.15) is 45.2 Å². The fraction of sp³-hybridized carbons (Fsp3) is 0.476. The summed E-state index contributed by atoms with van der Waals surface area (Å²) in [6, 6.07) is 4.69. The largest absolute Gasteiger partial charge is 0.481 e. The number of carbonyl (C=O) groups is 2. The smallest absolute Gasteiger partial charge is 0.410 e. The van der Waals surface area contributed by atoms with Crippen molar-refractivity contribution >= 4 is 12.1 Å². The molecular weight excluding hydrogens is 377 g/mol. The van der Waals surface area contributed by atoms with Crippen molar-refractivity contribution in [1.82, 2.24) is 14.7 Å². The molecule has 1 fully saturated rings. The molecule has 1 saturated heterocycles. The Hall–Kier alpha value is -2.90. The number of halogens is 1. The van der Waals surface area contributed by atoms with Gasteiger partial charge in [0, 0.05) is 24.8 Å². The fourth-order valence-electron chi connectivity index (χ4n) is 3.36. The fourth-order valence-corrected chi connectivity index (χ4v) is 3.36. The second-order valence-corrected chi connectivity index (χ2v) is 8.28. The van der Waals surface area contributed by atoms with Crippen LogP contribution in [-0.4, -0.2) is 50.5 Å². The van der Waals surface area contributed by atoms with Crippen LogP contribution in [0.15, 0.2) is 30.6 Å². The zero-order valence-electron chi connectivity index (χ0n) is 16.9. The molecule has 1 N–H and O–H groups in total. The maximum Gasteiger partial charge on any atom is 0.410 e. The van der Waals surface area contributed by atoms with Gasteiger partial charge in [-0.2, -0.15) is 5.10 Å². The zero-order chi connectivity index (χ0) is 21.2. The predicted octanol–water partition coefficient (Wildman–Crippen LogP) is 3.89. The van der Waals surface area contributed by atoms with Gasteiger partial charge < -0.3 is 14.7 Å². The lowest BCUT2D eigenvalue weighted by Gasteiger charge is -2.33. The molecule has 7 nitrogen and oxygen atoms in total. The maximum absolute atomic E-state index is 14.2. The summed E-state index contributed by atoms with van der Waals surface area (Å²) in [5.41, 5.74) is 1.05. The van der Waals surface area contributed by atoms with Crippen LogP contribution in [0.25, 0.3) is 11.1 Å². The Morgan fingerprint density at radius 1 is 1.24 bits per heavy atom. The third kappa shape index (κ3) is 5.34. The van der Waals surface area contributed by atoms with Crippen molar-refractivity contribution in [3.8, 4) is 11.1 Å². The highest BCUT2D eigenvalue weighted by Gasteiger charge is 2.28. The van der Waals surface area contributed by atoms with Gasteiger partial charge in [0.2, 0.25) is 0 Å². The minimum absolute atomic E-state index is 0.151. The van der Waals surface area contributed by atoms with Gasteiger partial charge in [-0.3, -0.25) is 9.48 Å². The number of aliphatic carboxylic acids is 1. The van der Waals surface area contributed by atoms with E-state index in [9.17, 15) is 14.0 Å². The van der Waals surface area contributed by atoms with Gasteiger partial charge in [0.1, 0.15) is 11.4 Å². The van der Waals surface area contributed by atoms with E-state index in [1.165, 1.54) is 12.1 Å². The molecule has 1 aliphatic heterocycles. The molecule has 1 aliphatic rings. The molecule has 0 spiro atoms. The molecule has 3 rings (SSSR count). The van der Waals surface area contributed by atoms with Crippen molar-refractivity contribution in [2.45, 2.75) is 51.7 Å². The van der Waals surface area contributed by atoms with E-state index >= 15 is 0 Å². The van der Waals surface area contributed by atoms with Crippen molar-refractivity contribution in [3.05, 3.63) is 42.0 Å². The number of benzene rings is 1. The molecule has 8 heteroatoms. The van der Waals surface area contributed by atoms with Crippen molar-refractivity contribution in [3.63, 3.8) is 0 Å². The molecule has 0 unspecified atom stereocenters.